The van der Waals surface area contributed by atoms with Crippen LogP contribution in [0.3, 0.4) is 0 Å². The zero-order valence-corrected chi connectivity index (χ0v) is 14.2. The molecule has 1 aliphatic rings. The molecule has 2 heterocycles. The van der Waals surface area contributed by atoms with Gasteiger partial charge in [-0.25, -0.2) is 4.68 Å². The molecular weight excluding hydrogens is 306 g/mol. The SMILES string of the molecule is Cc1ccccc1Cn1nnc2sc3c(c2c1=O)CCC(C)C3. The molecule has 0 radical (unpaired) electrons. The minimum atomic E-state index is 0.00491. The van der Waals surface area contributed by atoms with E-state index in [4.69, 9.17) is 0 Å². The summed E-state index contributed by atoms with van der Waals surface area (Å²) in [7, 11) is 0. The van der Waals surface area contributed by atoms with Crippen molar-refractivity contribution in [2.75, 3.05) is 0 Å². The third-order valence-electron chi connectivity index (χ3n) is 4.77. The summed E-state index contributed by atoms with van der Waals surface area (Å²) in [5.41, 5.74) is 3.51. The van der Waals surface area contributed by atoms with Gasteiger partial charge >= 0.3 is 0 Å². The summed E-state index contributed by atoms with van der Waals surface area (Å²) in [6.45, 7) is 4.81. The van der Waals surface area contributed by atoms with E-state index in [-0.39, 0.29) is 5.56 Å². The van der Waals surface area contributed by atoms with Crippen LogP contribution < -0.4 is 5.56 Å². The van der Waals surface area contributed by atoms with Gasteiger partial charge in [-0.3, -0.25) is 4.79 Å². The minimum absolute atomic E-state index is 0.00491. The molecule has 0 N–H and O–H groups in total. The van der Waals surface area contributed by atoms with Crippen molar-refractivity contribution >= 4 is 21.6 Å². The molecule has 118 valence electrons. The van der Waals surface area contributed by atoms with Crippen LogP contribution in [0, 0.1) is 12.8 Å². The van der Waals surface area contributed by atoms with Crippen LogP contribution in [0.25, 0.3) is 10.2 Å². The van der Waals surface area contributed by atoms with Crippen LogP contribution in [0.2, 0.25) is 0 Å². The Kier molecular flexibility index (Phi) is 3.53. The van der Waals surface area contributed by atoms with Crippen molar-refractivity contribution < 1.29 is 0 Å². The molecule has 3 aromatic rings. The lowest BCUT2D eigenvalue weighted by atomic mass is 9.89. The fraction of sp³-hybridized carbons (Fsp3) is 0.389. The molecule has 23 heavy (non-hydrogen) atoms. The molecule has 1 atom stereocenters. The fourth-order valence-corrected chi connectivity index (χ4v) is 4.66. The second-order valence-electron chi connectivity index (χ2n) is 6.51. The molecule has 0 saturated heterocycles. The first-order valence-corrected chi connectivity index (χ1v) is 8.87. The molecular formula is C18H19N3OS. The maximum Gasteiger partial charge on any atom is 0.279 e. The van der Waals surface area contributed by atoms with E-state index < -0.39 is 0 Å². The fourth-order valence-electron chi connectivity index (χ4n) is 3.34. The number of aryl methyl sites for hydroxylation is 2. The van der Waals surface area contributed by atoms with Crippen molar-refractivity contribution in [3.63, 3.8) is 0 Å². The Morgan fingerprint density at radius 1 is 1.35 bits per heavy atom. The first-order valence-electron chi connectivity index (χ1n) is 8.06. The third kappa shape index (κ3) is 2.49. The molecule has 2 aromatic heterocycles. The molecule has 1 unspecified atom stereocenters. The monoisotopic (exact) mass is 325 g/mol. The summed E-state index contributed by atoms with van der Waals surface area (Å²) in [5, 5.41) is 9.31. The standard InChI is InChI=1S/C18H19N3OS/c1-11-7-8-14-15(9-11)23-17-16(14)18(22)21(20-19-17)10-13-6-4-3-5-12(13)2/h3-6,11H,7-10H2,1-2H3. The van der Waals surface area contributed by atoms with E-state index in [1.807, 2.05) is 18.2 Å². The number of benzene rings is 1. The summed E-state index contributed by atoms with van der Waals surface area (Å²) in [6.07, 6.45) is 3.20. The van der Waals surface area contributed by atoms with Gasteiger partial charge in [-0.05, 0) is 48.8 Å². The van der Waals surface area contributed by atoms with E-state index in [9.17, 15) is 4.79 Å². The van der Waals surface area contributed by atoms with E-state index in [0.717, 1.165) is 35.0 Å². The Labute approximate surface area is 138 Å². The molecule has 0 bridgehead atoms. The first kappa shape index (κ1) is 14.6. The van der Waals surface area contributed by atoms with Crippen molar-refractivity contribution in [2.24, 2.45) is 5.92 Å². The summed E-state index contributed by atoms with van der Waals surface area (Å²) in [5.74, 6) is 0.692. The lowest BCUT2D eigenvalue weighted by Crippen LogP contribution is -2.25. The molecule has 4 nitrogen and oxygen atoms in total. The van der Waals surface area contributed by atoms with Gasteiger partial charge in [0.05, 0.1) is 11.9 Å². The molecule has 0 fully saturated rings. The molecule has 1 aliphatic carbocycles. The number of nitrogens with zero attached hydrogens (tertiary/aromatic N) is 3. The Hall–Kier alpha value is -2.01. The Balaban J connectivity index is 1.82. The van der Waals surface area contributed by atoms with Gasteiger partial charge in [-0.2, -0.15) is 0 Å². The van der Waals surface area contributed by atoms with Crippen LogP contribution in [0.5, 0.6) is 0 Å². The normalized spacial score (nSPS) is 17.4. The Bertz CT molecular complexity index is 941. The lowest BCUT2D eigenvalue weighted by Gasteiger charge is -2.17. The van der Waals surface area contributed by atoms with E-state index in [1.54, 1.807) is 11.3 Å². The van der Waals surface area contributed by atoms with Gasteiger partial charge in [0.2, 0.25) is 0 Å². The second kappa shape index (κ2) is 5.57. The predicted octanol–water partition coefficient (Wildman–Crippen LogP) is 3.33. The van der Waals surface area contributed by atoms with Gasteiger partial charge in [0.25, 0.3) is 5.56 Å². The van der Waals surface area contributed by atoms with Crippen molar-refractivity contribution in [1.82, 2.24) is 15.0 Å². The summed E-state index contributed by atoms with van der Waals surface area (Å²) >= 11 is 1.65. The van der Waals surface area contributed by atoms with E-state index in [1.165, 1.54) is 20.7 Å². The second-order valence-corrected chi connectivity index (χ2v) is 7.59. The first-order chi connectivity index (χ1) is 11.1. The molecule has 0 amide bonds. The van der Waals surface area contributed by atoms with Crippen LogP contribution in [-0.2, 0) is 19.4 Å². The highest BCUT2D eigenvalue weighted by Crippen LogP contribution is 2.35. The van der Waals surface area contributed by atoms with E-state index >= 15 is 0 Å². The molecule has 4 rings (SSSR count). The van der Waals surface area contributed by atoms with Crippen molar-refractivity contribution in [1.29, 1.82) is 0 Å². The molecule has 0 saturated carbocycles. The highest BCUT2D eigenvalue weighted by atomic mass is 32.1. The largest absolute Gasteiger partial charge is 0.279 e. The highest BCUT2D eigenvalue weighted by Gasteiger charge is 2.23. The molecule has 5 heteroatoms. The zero-order valence-electron chi connectivity index (χ0n) is 13.4. The minimum Gasteiger partial charge on any atom is -0.267 e. The number of rotatable bonds is 2. The smallest absolute Gasteiger partial charge is 0.267 e. The van der Waals surface area contributed by atoms with Gasteiger partial charge in [0.15, 0.2) is 4.83 Å². The van der Waals surface area contributed by atoms with Crippen LogP contribution in [0.4, 0.5) is 0 Å². The molecule has 0 aliphatic heterocycles. The van der Waals surface area contributed by atoms with Crippen molar-refractivity contribution in [2.45, 2.75) is 39.7 Å². The van der Waals surface area contributed by atoms with Gasteiger partial charge < -0.3 is 0 Å². The van der Waals surface area contributed by atoms with Gasteiger partial charge in [0.1, 0.15) is 0 Å². The summed E-state index contributed by atoms with van der Waals surface area (Å²) in [6, 6.07) is 8.10. The summed E-state index contributed by atoms with van der Waals surface area (Å²) < 4.78 is 1.51. The molecule has 0 spiro atoms. The maximum atomic E-state index is 12.9. The topological polar surface area (TPSA) is 47.8 Å². The lowest BCUT2D eigenvalue weighted by molar-refractivity contribution is 0.508. The zero-order chi connectivity index (χ0) is 16.0. The average molecular weight is 325 g/mol. The number of fused-ring (bicyclic) bond motifs is 3. The number of aromatic nitrogens is 3. The van der Waals surface area contributed by atoms with Gasteiger partial charge in [0, 0.05) is 4.88 Å². The number of hydrogen-bond donors (Lipinski definition) is 0. The highest BCUT2D eigenvalue weighted by molar-refractivity contribution is 7.18. The van der Waals surface area contributed by atoms with E-state index in [0.29, 0.717) is 12.5 Å². The Morgan fingerprint density at radius 2 is 2.17 bits per heavy atom. The van der Waals surface area contributed by atoms with Gasteiger partial charge in [-0.1, -0.05) is 36.4 Å². The van der Waals surface area contributed by atoms with Crippen molar-refractivity contribution in [3.8, 4) is 0 Å². The van der Waals surface area contributed by atoms with Crippen molar-refractivity contribution in [3.05, 3.63) is 56.2 Å². The number of hydrogen-bond acceptors (Lipinski definition) is 4. The average Bonchev–Trinajstić information content (AvgIpc) is 2.90. The predicted molar refractivity (Wildman–Crippen MR) is 93.1 cm³/mol. The molecule has 1 aromatic carbocycles. The summed E-state index contributed by atoms with van der Waals surface area (Å²) in [4.78, 5) is 15.1. The van der Waals surface area contributed by atoms with Gasteiger partial charge in [-0.15, -0.1) is 16.4 Å². The maximum absolute atomic E-state index is 12.9. The van der Waals surface area contributed by atoms with Crippen LogP contribution in [0.1, 0.15) is 34.9 Å². The van der Waals surface area contributed by atoms with Crippen LogP contribution in [0.15, 0.2) is 29.1 Å². The third-order valence-corrected chi connectivity index (χ3v) is 5.90. The van der Waals surface area contributed by atoms with Crippen LogP contribution in [-0.4, -0.2) is 15.0 Å². The number of thiophene rings is 1. The van der Waals surface area contributed by atoms with E-state index in [2.05, 4.69) is 30.2 Å². The quantitative estimate of drug-likeness (QED) is 0.726. The Morgan fingerprint density at radius 3 is 3.00 bits per heavy atom. The van der Waals surface area contributed by atoms with Crippen LogP contribution >= 0.6 is 11.3 Å².